The van der Waals surface area contributed by atoms with E-state index in [2.05, 4.69) is 29.8 Å². The summed E-state index contributed by atoms with van der Waals surface area (Å²) in [4.78, 5) is 1.38. The molecule has 1 aromatic rings. The van der Waals surface area contributed by atoms with Crippen LogP contribution < -0.4 is 5.32 Å². The van der Waals surface area contributed by atoms with Crippen LogP contribution in [0.4, 0.5) is 0 Å². The molecule has 0 amide bonds. The highest BCUT2D eigenvalue weighted by Crippen LogP contribution is 2.32. The van der Waals surface area contributed by atoms with Crippen LogP contribution in [0.25, 0.3) is 0 Å². The SMILES string of the molecule is CNC(c1cccs1)C1OCCC1C. The van der Waals surface area contributed by atoms with Crippen molar-refractivity contribution in [3.8, 4) is 0 Å². The fourth-order valence-electron chi connectivity index (χ4n) is 2.08. The molecule has 1 aliphatic rings. The maximum absolute atomic E-state index is 5.79. The van der Waals surface area contributed by atoms with Crippen molar-refractivity contribution in [3.63, 3.8) is 0 Å². The van der Waals surface area contributed by atoms with Crippen LogP contribution in [0.1, 0.15) is 24.3 Å². The summed E-state index contributed by atoms with van der Waals surface area (Å²) in [5, 5.41) is 5.49. The van der Waals surface area contributed by atoms with Crippen LogP contribution >= 0.6 is 11.3 Å². The lowest BCUT2D eigenvalue weighted by Gasteiger charge is -2.24. The molecule has 1 aliphatic heterocycles. The topological polar surface area (TPSA) is 21.3 Å². The Morgan fingerprint density at radius 1 is 1.64 bits per heavy atom. The van der Waals surface area contributed by atoms with Crippen molar-refractivity contribution in [2.75, 3.05) is 13.7 Å². The minimum atomic E-state index is 0.346. The standard InChI is InChI=1S/C11H17NOS/c1-8-5-6-13-11(8)10(12-2)9-4-3-7-14-9/h3-4,7-8,10-12H,5-6H2,1-2H3. The highest BCUT2D eigenvalue weighted by atomic mass is 32.1. The third kappa shape index (κ3) is 1.85. The molecule has 2 heterocycles. The second-order valence-electron chi connectivity index (χ2n) is 3.88. The van der Waals surface area contributed by atoms with Crippen LogP contribution in [0.3, 0.4) is 0 Å². The monoisotopic (exact) mass is 211 g/mol. The molecule has 3 unspecified atom stereocenters. The average molecular weight is 211 g/mol. The molecular formula is C11H17NOS. The van der Waals surface area contributed by atoms with Crippen LogP contribution in [-0.4, -0.2) is 19.8 Å². The Bertz CT molecular complexity index is 273. The number of hydrogen-bond acceptors (Lipinski definition) is 3. The van der Waals surface area contributed by atoms with Gasteiger partial charge in [-0.3, -0.25) is 0 Å². The van der Waals surface area contributed by atoms with Crippen molar-refractivity contribution in [2.45, 2.75) is 25.5 Å². The first kappa shape index (κ1) is 10.1. The Balaban J connectivity index is 2.13. The number of hydrogen-bond donors (Lipinski definition) is 1. The molecule has 3 atom stereocenters. The van der Waals surface area contributed by atoms with E-state index in [4.69, 9.17) is 4.74 Å². The first-order valence-electron chi connectivity index (χ1n) is 5.15. The molecule has 0 bridgehead atoms. The minimum absolute atomic E-state index is 0.346. The van der Waals surface area contributed by atoms with Gasteiger partial charge in [0.25, 0.3) is 0 Å². The van der Waals surface area contributed by atoms with E-state index in [-0.39, 0.29) is 0 Å². The Morgan fingerprint density at radius 2 is 2.50 bits per heavy atom. The summed E-state index contributed by atoms with van der Waals surface area (Å²) in [5.41, 5.74) is 0. The second kappa shape index (κ2) is 4.43. The third-order valence-corrected chi connectivity index (χ3v) is 3.89. The van der Waals surface area contributed by atoms with E-state index in [1.54, 1.807) is 11.3 Å². The average Bonchev–Trinajstić information content (AvgIpc) is 2.80. The fraction of sp³-hybridized carbons (Fsp3) is 0.636. The van der Waals surface area contributed by atoms with E-state index in [1.165, 1.54) is 11.3 Å². The van der Waals surface area contributed by atoms with Crippen molar-refractivity contribution < 1.29 is 4.74 Å². The largest absolute Gasteiger partial charge is 0.376 e. The summed E-state index contributed by atoms with van der Waals surface area (Å²) >= 11 is 1.80. The second-order valence-corrected chi connectivity index (χ2v) is 4.86. The molecule has 0 spiro atoms. The van der Waals surface area contributed by atoms with Gasteiger partial charge < -0.3 is 10.1 Å². The van der Waals surface area contributed by atoms with Crippen LogP contribution in [0.5, 0.6) is 0 Å². The third-order valence-electron chi connectivity index (χ3n) is 2.93. The lowest BCUT2D eigenvalue weighted by molar-refractivity contribution is 0.0641. The minimum Gasteiger partial charge on any atom is -0.376 e. The highest BCUT2D eigenvalue weighted by molar-refractivity contribution is 7.10. The van der Waals surface area contributed by atoms with Crippen LogP contribution in [0.2, 0.25) is 0 Å². The number of thiophene rings is 1. The van der Waals surface area contributed by atoms with Gasteiger partial charge in [-0.1, -0.05) is 13.0 Å². The van der Waals surface area contributed by atoms with Gasteiger partial charge in [-0.2, -0.15) is 0 Å². The molecule has 1 fully saturated rings. The summed E-state index contributed by atoms with van der Waals surface area (Å²) in [7, 11) is 2.01. The summed E-state index contributed by atoms with van der Waals surface area (Å²) in [6.45, 7) is 3.19. The molecule has 0 aliphatic carbocycles. The van der Waals surface area contributed by atoms with Gasteiger partial charge >= 0.3 is 0 Å². The van der Waals surface area contributed by atoms with Gasteiger partial charge in [0.2, 0.25) is 0 Å². The first-order valence-corrected chi connectivity index (χ1v) is 6.03. The van der Waals surface area contributed by atoms with Crippen molar-refractivity contribution in [2.24, 2.45) is 5.92 Å². The van der Waals surface area contributed by atoms with Crippen LogP contribution in [-0.2, 0) is 4.74 Å². The van der Waals surface area contributed by atoms with Gasteiger partial charge in [-0.15, -0.1) is 11.3 Å². The molecule has 14 heavy (non-hydrogen) atoms. The Morgan fingerprint density at radius 3 is 3.00 bits per heavy atom. The fourth-order valence-corrected chi connectivity index (χ4v) is 2.95. The molecule has 1 N–H and O–H groups in total. The summed E-state index contributed by atoms with van der Waals surface area (Å²) < 4.78 is 5.79. The summed E-state index contributed by atoms with van der Waals surface area (Å²) in [6.07, 6.45) is 1.53. The van der Waals surface area contributed by atoms with E-state index < -0.39 is 0 Å². The number of rotatable bonds is 3. The maximum atomic E-state index is 5.79. The maximum Gasteiger partial charge on any atom is 0.0803 e. The van der Waals surface area contributed by atoms with Crippen molar-refractivity contribution in [3.05, 3.63) is 22.4 Å². The molecule has 0 aromatic carbocycles. The van der Waals surface area contributed by atoms with Gasteiger partial charge in [0.15, 0.2) is 0 Å². The Kier molecular flexibility index (Phi) is 3.21. The molecule has 0 saturated carbocycles. The highest BCUT2D eigenvalue weighted by Gasteiger charge is 2.32. The Hall–Kier alpha value is -0.380. The van der Waals surface area contributed by atoms with Gasteiger partial charge in [0.1, 0.15) is 0 Å². The first-order chi connectivity index (χ1) is 6.83. The molecule has 0 radical (unpaired) electrons. The molecular weight excluding hydrogens is 194 g/mol. The molecule has 1 aromatic heterocycles. The van der Waals surface area contributed by atoms with Gasteiger partial charge in [-0.05, 0) is 30.8 Å². The zero-order valence-corrected chi connectivity index (χ0v) is 9.51. The van der Waals surface area contributed by atoms with Crippen molar-refractivity contribution in [1.29, 1.82) is 0 Å². The number of nitrogens with one attached hydrogen (secondary N) is 1. The Labute approximate surface area is 89.3 Å². The van der Waals surface area contributed by atoms with Crippen molar-refractivity contribution >= 4 is 11.3 Å². The molecule has 3 heteroatoms. The quantitative estimate of drug-likeness (QED) is 0.829. The zero-order valence-electron chi connectivity index (χ0n) is 8.69. The zero-order chi connectivity index (χ0) is 9.97. The van der Waals surface area contributed by atoms with Crippen LogP contribution in [0, 0.1) is 5.92 Å². The molecule has 2 nitrogen and oxygen atoms in total. The van der Waals surface area contributed by atoms with Crippen molar-refractivity contribution in [1.82, 2.24) is 5.32 Å². The van der Waals surface area contributed by atoms with Gasteiger partial charge in [0.05, 0.1) is 12.1 Å². The smallest absolute Gasteiger partial charge is 0.0803 e. The predicted octanol–water partition coefficient (Wildman–Crippen LogP) is 2.43. The summed E-state index contributed by atoms with van der Waals surface area (Å²) in [6, 6.07) is 4.65. The lowest BCUT2D eigenvalue weighted by Crippen LogP contribution is -2.31. The normalized spacial score (nSPS) is 29.3. The molecule has 2 rings (SSSR count). The molecule has 1 saturated heterocycles. The van der Waals surface area contributed by atoms with E-state index in [0.29, 0.717) is 18.1 Å². The van der Waals surface area contributed by atoms with E-state index in [1.807, 2.05) is 7.05 Å². The lowest BCUT2D eigenvalue weighted by atomic mass is 9.97. The van der Waals surface area contributed by atoms with Gasteiger partial charge in [0, 0.05) is 11.5 Å². The van der Waals surface area contributed by atoms with Crippen LogP contribution in [0.15, 0.2) is 17.5 Å². The number of likely N-dealkylation sites (N-methyl/N-ethyl adjacent to an activating group) is 1. The molecule has 78 valence electrons. The van der Waals surface area contributed by atoms with Gasteiger partial charge in [-0.25, -0.2) is 0 Å². The predicted molar refractivity (Wildman–Crippen MR) is 59.6 cm³/mol. The number of ether oxygens (including phenoxy) is 1. The van der Waals surface area contributed by atoms with E-state index >= 15 is 0 Å². The summed E-state index contributed by atoms with van der Waals surface area (Å²) in [5.74, 6) is 0.662. The van der Waals surface area contributed by atoms with E-state index in [9.17, 15) is 0 Å². The van der Waals surface area contributed by atoms with E-state index in [0.717, 1.165) is 6.61 Å².